The second-order valence-corrected chi connectivity index (χ2v) is 6.57. The number of benzene rings is 2. The van der Waals surface area contributed by atoms with Crippen LogP contribution in [0.2, 0.25) is 0 Å². The van der Waals surface area contributed by atoms with Gasteiger partial charge in [-0.1, -0.05) is 18.2 Å². The number of aromatic nitrogens is 1. The molecule has 0 saturated carbocycles. The van der Waals surface area contributed by atoms with Gasteiger partial charge in [-0.15, -0.1) is 0 Å². The molecule has 0 aliphatic carbocycles. The zero-order valence-electron chi connectivity index (χ0n) is 13.4. The van der Waals surface area contributed by atoms with Gasteiger partial charge in [-0.3, -0.25) is 4.79 Å². The fraction of sp³-hybridized carbons (Fsp3) is 0.211. The van der Waals surface area contributed by atoms with Gasteiger partial charge < -0.3 is 20.5 Å². The smallest absolute Gasteiger partial charge is 0.257 e. The fourth-order valence-electron chi connectivity index (χ4n) is 4.14. The van der Waals surface area contributed by atoms with E-state index < -0.39 is 0 Å². The molecule has 3 heterocycles. The molecule has 0 spiro atoms. The van der Waals surface area contributed by atoms with E-state index in [4.69, 9.17) is 5.73 Å². The van der Waals surface area contributed by atoms with Gasteiger partial charge in [0.15, 0.2) is 0 Å². The summed E-state index contributed by atoms with van der Waals surface area (Å²) in [5, 5.41) is 1.26. The molecule has 1 amide bonds. The summed E-state index contributed by atoms with van der Waals surface area (Å²) in [6.07, 6.45) is 0.766. The molecule has 0 saturated heterocycles. The summed E-state index contributed by atoms with van der Waals surface area (Å²) in [6, 6.07) is 13.9. The first-order valence-corrected chi connectivity index (χ1v) is 8.18. The number of H-pyrrole nitrogens is 1. The van der Waals surface area contributed by atoms with Crippen molar-refractivity contribution in [3.63, 3.8) is 0 Å². The molecule has 1 atom stereocenters. The van der Waals surface area contributed by atoms with Gasteiger partial charge in [-0.05, 0) is 36.2 Å². The number of aromatic amines is 1. The first-order valence-electron chi connectivity index (χ1n) is 8.18. The monoisotopic (exact) mass is 318 g/mol. The van der Waals surface area contributed by atoms with Gasteiger partial charge in [0.25, 0.3) is 5.91 Å². The number of nitrogens with two attached hydrogens (primary N) is 1. The van der Waals surface area contributed by atoms with Crippen LogP contribution in [-0.4, -0.2) is 29.4 Å². The van der Waals surface area contributed by atoms with Gasteiger partial charge in [0, 0.05) is 30.2 Å². The van der Waals surface area contributed by atoms with Crippen molar-refractivity contribution in [2.24, 2.45) is 0 Å². The number of nitrogens with one attached hydrogen (secondary N) is 1. The third kappa shape index (κ3) is 1.61. The maximum atomic E-state index is 13.0. The Balaban J connectivity index is 1.74. The zero-order valence-corrected chi connectivity index (χ0v) is 13.4. The summed E-state index contributed by atoms with van der Waals surface area (Å²) in [7, 11) is 2.03. The van der Waals surface area contributed by atoms with Gasteiger partial charge in [0.05, 0.1) is 16.9 Å². The molecule has 3 aromatic rings. The van der Waals surface area contributed by atoms with Gasteiger partial charge >= 0.3 is 0 Å². The number of carbonyl (C=O) groups excluding carboxylic acids is 1. The lowest BCUT2D eigenvalue weighted by molar-refractivity contribution is 0.0635. The molecular formula is C19H18N4O. The average Bonchev–Trinajstić information content (AvgIpc) is 2.97. The molecule has 0 bridgehead atoms. The number of rotatable bonds is 0. The highest BCUT2D eigenvalue weighted by atomic mass is 16.2. The molecule has 3 N–H and O–H groups in total. The van der Waals surface area contributed by atoms with Crippen LogP contribution in [0.3, 0.4) is 0 Å². The van der Waals surface area contributed by atoms with Gasteiger partial charge in [0.1, 0.15) is 6.17 Å². The predicted molar refractivity (Wildman–Crippen MR) is 95.0 cm³/mol. The highest BCUT2D eigenvalue weighted by Crippen LogP contribution is 2.43. The topological polar surface area (TPSA) is 65.4 Å². The maximum Gasteiger partial charge on any atom is 0.257 e. The number of hydrogen-bond acceptors (Lipinski definition) is 3. The first kappa shape index (κ1) is 13.5. The number of anilines is 2. The second kappa shape index (κ2) is 4.54. The van der Waals surface area contributed by atoms with Crippen molar-refractivity contribution in [1.82, 2.24) is 9.88 Å². The molecule has 5 rings (SSSR count). The number of para-hydroxylation sites is 1. The van der Waals surface area contributed by atoms with Crippen LogP contribution < -0.4 is 10.6 Å². The number of hydrogen-bond donors (Lipinski definition) is 2. The van der Waals surface area contributed by atoms with Crippen LogP contribution in [0.5, 0.6) is 0 Å². The summed E-state index contributed by atoms with van der Waals surface area (Å²) in [5.74, 6) is 0.0809. The van der Waals surface area contributed by atoms with Crippen LogP contribution >= 0.6 is 0 Å². The Bertz CT molecular complexity index is 990. The van der Waals surface area contributed by atoms with Crippen LogP contribution in [0.4, 0.5) is 11.4 Å². The van der Waals surface area contributed by atoms with Crippen molar-refractivity contribution in [1.29, 1.82) is 0 Å². The molecule has 2 aromatic carbocycles. The molecule has 1 unspecified atom stereocenters. The molecule has 0 fully saturated rings. The normalized spacial score (nSPS) is 19.2. The molecule has 2 aliphatic heterocycles. The van der Waals surface area contributed by atoms with E-state index in [2.05, 4.69) is 28.1 Å². The third-order valence-electron chi connectivity index (χ3n) is 5.26. The van der Waals surface area contributed by atoms with E-state index in [1.54, 1.807) is 6.07 Å². The Morgan fingerprint density at radius 3 is 2.92 bits per heavy atom. The lowest BCUT2D eigenvalue weighted by atomic mass is 9.96. The van der Waals surface area contributed by atoms with Gasteiger partial charge in [0.2, 0.25) is 0 Å². The molecule has 0 radical (unpaired) electrons. The van der Waals surface area contributed by atoms with Crippen LogP contribution in [0.25, 0.3) is 10.9 Å². The minimum atomic E-state index is -0.108. The summed E-state index contributed by atoms with van der Waals surface area (Å²) in [4.78, 5) is 20.6. The number of nitrogens with zero attached hydrogens (tertiary/aromatic N) is 2. The van der Waals surface area contributed by atoms with Crippen LogP contribution in [0, 0.1) is 0 Å². The summed E-state index contributed by atoms with van der Waals surface area (Å²) < 4.78 is 0. The number of fused-ring (bicyclic) bond motifs is 6. The Morgan fingerprint density at radius 1 is 1.21 bits per heavy atom. The lowest BCUT2D eigenvalue weighted by Crippen LogP contribution is -2.51. The van der Waals surface area contributed by atoms with Crippen molar-refractivity contribution in [3.05, 3.63) is 59.3 Å². The predicted octanol–water partition coefficient (Wildman–Crippen LogP) is 2.90. The van der Waals surface area contributed by atoms with Gasteiger partial charge in [-0.25, -0.2) is 0 Å². The molecule has 24 heavy (non-hydrogen) atoms. The van der Waals surface area contributed by atoms with E-state index in [-0.39, 0.29) is 12.1 Å². The molecule has 1 aromatic heterocycles. The maximum absolute atomic E-state index is 13.0. The van der Waals surface area contributed by atoms with E-state index >= 15 is 0 Å². The Kier molecular flexibility index (Phi) is 2.55. The fourth-order valence-corrected chi connectivity index (χ4v) is 4.14. The summed E-state index contributed by atoms with van der Waals surface area (Å²) >= 11 is 0. The highest BCUT2D eigenvalue weighted by Gasteiger charge is 2.41. The van der Waals surface area contributed by atoms with Crippen molar-refractivity contribution in [2.75, 3.05) is 24.2 Å². The zero-order chi connectivity index (χ0) is 16.4. The SMILES string of the molecule is CN1c2cc(N)ccc2C(=O)N2CCc3c([nH]c4ccccc34)C21. The highest BCUT2D eigenvalue weighted by molar-refractivity contribution is 6.03. The van der Waals surface area contributed by atoms with E-state index in [1.165, 1.54) is 10.9 Å². The minimum absolute atomic E-state index is 0.0809. The average molecular weight is 318 g/mol. The van der Waals surface area contributed by atoms with E-state index in [9.17, 15) is 4.79 Å². The van der Waals surface area contributed by atoms with Crippen LogP contribution in [0.15, 0.2) is 42.5 Å². The Morgan fingerprint density at radius 2 is 2.04 bits per heavy atom. The van der Waals surface area contributed by atoms with Crippen molar-refractivity contribution in [2.45, 2.75) is 12.6 Å². The summed E-state index contributed by atoms with van der Waals surface area (Å²) in [5.41, 5.74) is 11.8. The second-order valence-electron chi connectivity index (χ2n) is 6.57. The first-order chi connectivity index (χ1) is 11.6. The molecule has 5 heteroatoms. The lowest BCUT2D eigenvalue weighted by Gasteiger charge is -2.46. The number of amides is 1. The molecular weight excluding hydrogens is 300 g/mol. The molecule has 5 nitrogen and oxygen atoms in total. The summed E-state index contributed by atoms with van der Waals surface area (Å²) in [6.45, 7) is 0.729. The third-order valence-corrected chi connectivity index (χ3v) is 5.26. The van der Waals surface area contributed by atoms with E-state index in [0.29, 0.717) is 5.69 Å². The van der Waals surface area contributed by atoms with Crippen LogP contribution in [0.1, 0.15) is 27.8 Å². The molecule has 120 valence electrons. The van der Waals surface area contributed by atoms with Gasteiger partial charge in [-0.2, -0.15) is 0 Å². The quantitative estimate of drug-likeness (QED) is 0.626. The largest absolute Gasteiger partial charge is 0.399 e. The molecule has 2 aliphatic rings. The van der Waals surface area contributed by atoms with E-state index in [0.717, 1.165) is 35.4 Å². The Hall–Kier alpha value is -2.95. The Labute approximate surface area is 139 Å². The van der Waals surface area contributed by atoms with Crippen LogP contribution in [-0.2, 0) is 6.42 Å². The van der Waals surface area contributed by atoms with Crippen molar-refractivity contribution >= 4 is 28.2 Å². The minimum Gasteiger partial charge on any atom is -0.399 e. The standard InChI is InChI=1S/C19H18N4O/c1-22-16-10-11(20)6-7-14(16)19(24)23-9-8-13-12-4-2-3-5-15(12)21-17(13)18(22)23/h2-7,10,18,21H,8-9,20H2,1H3. The number of nitrogen functional groups attached to an aromatic ring is 1. The number of carbonyl (C=O) groups is 1. The van der Waals surface area contributed by atoms with E-state index in [1.807, 2.05) is 30.1 Å². The van der Waals surface area contributed by atoms with Crippen molar-refractivity contribution in [3.8, 4) is 0 Å². The van der Waals surface area contributed by atoms with Crippen molar-refractivity contribution < 1.29 is 4.79 Å².